The first-order valence-corrected chi connectivity index (χ1v) is 12.9. The van der Waals surface area contributed by atoms with E-state index < -0.39 is 36.4 Å². The maximum atomic E-state index is 11.7. The molecule has 7 nitrogen and oxygen atoms in total. The lowest BCUT2D eigenvalue weighted by Crippen LogP contribution is -2.49. The topological polar surface area (TPSA) is 91.3 Å². The molecule has 0 amide bonds. The van der Waals surface area contributed by atoms with Crippen LogP contribution in [-0.4, -0.2) is 48.6 Å². The van der Waals surface area contributed by atoms with Crippen LogP contribution in [-0.2, 0) is 36.6 Å². The van der Waals surface area contributed by atoms with Gasteiger partial charge >= 0.3 is 11.9 Å². The number of ether oxygens (including phenoxy) is 4. The third kappa shape index (κ3) is 5.38. The van der Waals surface area contributed by atoms with Crippen LogP contribution in [0.3, 0.4) is 0 Å². The molecule has 2 heterocycles. The van der Waals surface area contributed by atoms with Crippen LogP contribution in [0.25, 0.3) is 0 Å². The second-order valence-electron chi connectivity index (χ2n) is 9.88. The van der Waals surface area contributed by atoms with E-state index in [-0.39, 0.29) is 13.0 Å². The van der Waals surface area contributed by atoms with E-state index in [9.17, 15) is 14.7 Å². The number of halogens is 1. The van der Waals surface area contributed by atoms with E-state index in [1.165, 1.54) is 32.3 Å². The first kappa shape index (κ1) is 25.1. The van der Waals surface area contributed by atoms with Crippen LogP contribution in [0.4, 0.5) is 0 Å². The van der Waals surface area contributed by atoms with Gasteiger partial charge in [-0.1, -0.05) is 41.9 Å². The van der Waals surface area contributed by atoms with Crippen molar-refractivity contribution in [2.45, 2.75) is 76.3 Å². The summed E-state index contributed by atoms with van der Waals surface area (Å²) in [4.78, 5) is 23.1. The molecule has 8 heteroatoms. The molecule has 2 aromatic rings. The second kappa shape index (κ2) is 10.4. The highest BCUT2D eigenvalue weighted by atomic mass is 35.5. The summed E-state index contributed by atoms with van der Waals surface area (Å²) in [6, 6.07) is 10.7. The van der Waals surface area contributed by atoms with Gasteiger partial charge < -0.3 is 24.1 Å². The van der Waals surface area contributed by atoms with Crippen LogP contribution in [0.5, 0.6) is 5.75 Å². The lowest BCUT2D eigenvalue weighted by atomic mass is 9.88. The average molecular weight is 515 g/mol. The molecule has 4 atom stereocenters. The number of hydrogen-bond acceptors (Lipinski definition) is 7. The molecule has 36 heavy (non-hydrogen) atoms. The normalized spacial score (nSPS) is 25.1. The first-order valence-electron chi connectivity index (χ1n) is 12.5. The highest BCUT2D eigenvalue weighted by Crippen LogP contribution is 2.45. The fraction of sp³-hybridized carbons (Fsp3) is 0.500. The van der Waals surface area contributed by atoms with E-state index in [0.717, 1.165) is 22.3 Å². The van der Waals surface area contributed by atoms with E-state index >= 15 is 0 Å². The molecular formula is C28H31ClO7. The summed E-state index contributed by atoms with van der Waals surface area (Å²) >= 11 is 6.81. The van der Waals surface area contributed by atoms with Crippen molar-refractivity contribution < 1.29 is 33.6 Å². The van der Waals surface area contributed by atoms with Crippen molar-refractivity contribution in [2.24, 2.45) is 0 Å². The molecule has 3 aliphatic rings. The van der Waals surface area contributed by atoms with Gasteiger partial charge in [-0.05, 0) is 47.4 Å². The predicted octanol–water partition coefficient (Wildman–Crippen LogP) is 4.43. The standard InChI is InChI=1S/C28H31ClO7/c1-15(30)34-14-25-27(32)24(35-16(2)31)13-23(36-25)22-12-20(26(29)28-21(22)9-10-33-28)11-17-3-5-18(6-4-17)19-7-8-19/h3-6,12,19,23-25,27,32H,7-11,13-14H2,1-2H3/t23?,24?,25?,27-/m0/s1. The van der Waals surface area contributed by atoms with Crippen molar-refractivity contribution in [2.75, 3.05) is 13.2 Å². The summed E-state index contributed by atoms with van der Waals surface area (Å²) in [5.41, 5.74) is 5.31. The Labute approximate surface area is 215 Å². The largest absolute Gasteiger partial charge is 0.491 e. The van der Waals surface area contributed by atoms with Gasteiger partial charge in [0, 0.05) is 32.3 Å². The Morgan fingerprint density at radius 3 is 2.56 bits per heavy atom. The van der Waals surface area contributed by atoms with Gasteiger partial charge in [0.05, 0.1) is 17.7 Å². The number of fused-ring (bicyclic) bond motifs is 1. The monoisotopic (exact) mass is 514 g/mol. The number of rotatable bonds is 7. The van der Waals surface area contributed by atoms with Gasteiger partial charge in [-0.3, -0.25) is 9.59 Å². The first-order chi connectivity index (χ1) is 17.3. The quantitative estimate of drug-likeness (QED) is 0.546. The second-order valence-corrected chi connectivity index (χ2v) is 10.3. The van der Waals surface area contributed by atoms with Gasteiger partial charge in [0.1, 0.15) is 30.7 Å². The lowest BCUT2D eigenvalue weighted by Gasteiger charge is -2.39. The zero-order chi connectivity index (χ0) is 25.4. The fourth-order valence-corrected chi connectivity index (χ4v) is 5.47. The van der Waals surface area contributed by atoms with Crippen LogP contribution >= 0.6 is 11.6 Å². The van der Waals surface area contributed by atoms with Gasteiger partial charge in [0.2, 0.25) is 0 Å². The van der Waals surface area contributed by atoms with E-state index in [4.69, 9.17) is 30.5 Å². The summed E-state index contributed by atoms with van der Waals surface area (Å²) < 4.78 is 22.7. The van der Waals surface area contributed by atoms with Crippen LogP contribution < -0.4 is 4.74 Å². The highest BCUT2D eigenvalue weighted by molar-refractivity contribution is 6.33. The molecule has 192 valence electrons. The Morgan fingerprint density at radius 1 is 1.14 bits per heavy atom. The van der Waals surface area contributed by atoms with Crippen LogP contribution in [0.2, 0.25) is 5.02 Å². The summed E-state index contributed by atoms with van der Waals surface area (Å²) in [6.45, 7) is 2.97. The minimum absolute atomic E-state index is 0.142. The van der Waals surface area contributed by atoms with Crippen molar-refractivity contribution in [3.8, 4) is 5.75 Å². The van der Waals surface area contributed by atoms with Gasteiger partial charge in [-0.25, -0.2) is 0 Å². The van der Waals surface area contributed by atoms with E-state index in [1.54, 1.807) is 0 Å². The molecule has 2 aliphatic heterocycles. The van der Waals surface area contributed by atoms with E-state index in [2.05, 4.69) is 24.3 Å². The summed E-state index contributed by atoms with van der Waals surface area (Å²) in [5, 5.41) is 11.4. The Hall–Kier alpha value is -2.61. The minimum atomic E-state index is -1.12. The molecule has 1 N–H and O–H groups in total. The number of aliphatic hydroxyl groups excluding tert-OH is 1. The SMILES string of the molecule is CC(=O)OCC1OC(c2cc(Cc3ccc(C4CC4)cc3)c(Cl)c3c2CCO3)CC(OC(C)=O)[C@@H]1O. The van der Waals surface area contributed by atoms with Crippen molar-refractivity contribution in [1.29, 1.82) is 0 Å². The molecule has 0 radical (unpaired) electrons. The summed E-state index contributed by atoms with van der Waals surface area (Å²) in [5.74, 6) is 0.388. The molecule has 0 spiro atoms. The molecule has 3 unspecified atom stereocenters. The van der Waals surface area contributed by atoms with Crippen molar-refractivity contribution >= 4 is 23.5 Å². The fourth-order valence-electron chi connectivity index (χ4n) is 5.18. The molecule has 2 fully saturated rings. The third-order valence-electron chi connectivity index (χ3n) is 7.12. The third-order valence-corrected chi connectivity index (χ3v) is 7.53. The highest BCUT2D eigenvalue weighted by Gasteiger charge is 2.42. The molecule has 0 bridgehead atoms. The average Bonchev–Trinajstić information content (AvgIpc) is 3.57. The Morgan fingerprint density at radius 2 is 1.89 bits per heavy atom. The van der Waals surface area contributed by atoms with Gasteiger partial charge in [0.15, 0.2) is 0 Å². The van der Waals surface area contributed by atoms with Crippen LogP contribution in [0.1, 0.15) is 72.9 Å². The Balaban J connectivity index is 1.45. The number of esters is 2. The molecule has 0 aromatic heterocycles. The molecule has 2 aromatic carbocycles. The predicted molar refractivity (Wildman–Crippen MR) is 132 cm³/mol. The number of carbonyl (C=O) groups excluding carboxylic acids is 2. The van der Waals surface area contributed by atoms with Gasteiger partial charge in [-0.15, -0.1) is 0 Å². The minimum Gasteiger partial charge on any atom is -0.491 e. The van der Waals surface area contributed by atoms with Crippen molar-refractivity contribution in [1.82, 2.24) is 0 Å². The van der Waals surface area contributed by atoms with Gasteiger partial charge in [-0.2, -0.15) is 0 Å². The molecule has 1 saturated heterocycles. The van der Waals surface area contributed by atoms with E-state index in [1.807, 2.05) is 6.07 Å². The maximum absolute atomic E-state index is 11.7. The summed E-state index contributed by atoms with van der Waals surface area (Å²) in [6.07, 6.45) is 0.841. The maximum Gasteiger partial charge on any atom is 0.302 e. The molecular weight excluding hydrogens is 484 g/mol. The number of hydrogen-bond donors (Lipinski definition) is 1. The number of carbonyl (C=O) groups is 2. The number of benzene rings is 2. The molecule has 1 saturated carbocycles. The smallest absolute Gasteiger partial charge is 0.302 e. The number of aliphatic hydroxyl groups is 1. The van der Waals surface area contributed by atoms with Crippen LogP contribution in [0.15, 0.2) is 30.3 Å². The van der Waals surface area contributed by atoms with Crippen molar-refractivity contribution in [3.05, 3.63) is 63.2 Å². The van der Waals surface area contributed by atoms with Gasteiger partial charge in [0.25, 0.3) is 0 Å². The molecule has 1 aliphatic carbocycles. The van der Waals surface area contributed by atoms with E-state index in [0.29, 0.717) is 36.1 Å². The Kier molecular flexibility index (Phi) is 7.24. The summed E-state index contributed by atoms with van der Waals surface area (Å²) in [7, 11) is 0. The lowest BCUT2D eigenvalue weighted by molar-refractivity contribution is -0.204. The van der Waals surface area contributed by atoms with Crippen LogP contribution in [0, 0.1) is 0 Å². The Bertz CT molecular complexity index is 1140. The molecule has 5 rings (SSSR count). The van der Waals surface area contributed by atoms with Crippen molar-refractivity contribution in [3.63, 3.8) is 0 Å². The zero-order valence-corrected chi connectivity index (χ0v) is 21.3. The zero-order valence-electron chi connectivity index (χ0n) is 20.5.